The van der Waals surface area contributed by atoms with Gasteiger partial charge in [-0.25, -0.2) is 0 Å². The lowest BCUT2D eigenvalue weighted by atomic mass is 10.1. The maximum atomic E-state index is 6.25. The topological polar surface area (TPSA) is 15.7 Å². The van der Waals surface area contributed by atoms with Crippen molar-refractivity contribution in [2.45, 2.75) is 19.4 Å². The third kappa shape index (κ3) is 3.84. The van der Waals surface area contributed by atoms with Crippen LogP contribution in [0.2, 0.25) is 5.02 Å². The van der Waals surface area contributed by atoms with Crippen LogP contribution in [0, 0.1) is 0 Å². The molecule has 21 heavy (non-hydrogen) atoms. The number of hydrogen-bond donors (Lipinski definition) is 0. The highest BCUT2D eigenvalue weighted by molar-refractivity contribution is 6.30. The molecule has 3 nitrogen and oxygen atoms in total. The molecule has 0 amide bonds. The summed E-state index contributed by atoms with van der Waals surface area (Å²) >= 11 is 12.1. The Morgan fingerprint density at radius 2 is 1.90 bits per heavy atom. The average Bonchev–Trinajstić information content (AvgIpc) is 2.81. The summed E-state index contributed by atoms with van der Waals surface area (Å²) in [7, 11) is 0. The first-order valence-electron chi connectivity index (χ1n) is 7.71. The van der Waals surface area contributed by atoms with Crippen LogP contribution in [0.1, 0.15) is 17.5 Å². The molecule has 1 aromatic rings. The summed E-state index contributed by atoms with van der Waals surface area (Å²) in [5.41, 5.74) is 2.50. The van der Waals surface area contributed by atoms with Gasteiger partial charge in [0.15, 0.2) is 0 Å². The van der Waals surface area contributed by atoms with E-state index in [4.69, 9.17) is 27.9 Å². The van der Waals surface area contributed by atoms with E-state index in [1.165, 1.54) is 17.5 Å². The van der Waals surface area contributed by atoms with E-state index < -0.39 is 0 Å². The molecule has 0 bridgehead atoms. The van der Waals surface area contributed by atoms with E-state index in [1.54, 1.807) is 0 Å². The van der Waals surface area contributed by atoms with Gasteiger partial charge in [-0.1, -0.05) is 11.6 Å². The molecule has 1 aromatic carbocycles. The minimum atomic E-state index is 0.718. The van der Waals surface area contributed by atoms with Gasteiger partial charge in [-0.05, 0) is 37.2 Å². The molecule has 0 spiro atoms. The summed E-state index contributed by atoms with van der Waals surface area (Å²) in [6.07, 6.45) is 2.17. The van der Waals surface area contributed by atoms with Crippen molar-refractivity contribution < 1.29 is 4.74 Å². The fourth-order valence-corrected chi connectivity index (χ4v) is 3.73. The monoisotopic (exact) mass is 328 g/mol. The maximum Gasteiger partial charge on any atom is 0.127 e. The second kappa shape index (κ2) is 7.19. The van der Waals surface area contributed by atoms with Gasteiger partial charge in [-0.3, -0.25) is 4.90 Å². The summed E-state index contributed by atoms with van der Waals surface area (Å²) in [6.45, 7) is 7.15. The van der Waals surface area contributed by atoms with E-state index >= 15 is 0 Å². The molecular formula is C16H22Cl2N2O. The molecule has 0 N–H and O–H groups in total. The van der Waals surface area contributed by atoms with Crippen LogP contribution in [-0.4, -0.2) is 55.0 Å². The zero-order valence-corrected chi connectivity index (χ0v) is 13.8. The molecule has 3 rings (SSSR count). The Kier molecular flexibility index (Phi) is 5.28. The normalized spacial score (nSPS) is 20.1. The number of ether oxygens (including phenoxy) is 1. The Labute approximate surface area is 136 Å². The van der Waals surface area contributed by atoms with Crippen LogP contribution in [0.25, 0.3) is 0 Å². The zero-order chi connectivity index (χ0) is 14.7. The molecule has 2 aliphatic rings. The number of nitrogens with zero attached hydrogens (tertiary/aromatic N) is 2. The molecule has 0 unspecified atom stereocenters. The fraction of sp³-hybridized carbons (Fsp3) is 0.625. The van der Waals surface area contributed by atoms with E-state index in [-0.39, 0.29) is 0 Å². The fourth-order valence-electron chi connectivity index (χ4n) is 3.23. The molecule has 2 heterocycles. The molecular weight excluding hydrogens is 307 g/mol. The van der Waals surface area contributed by atoms with E-state index in [2.05, 4.69) is 15.9 Å². The van der Waals surface area contributed by atoms with Gasteiger partial charge in [-0.15, -0.1) is 11.6 Å². The lowest BCUT2D eigenvalue weighted by Gasteiger charge is -2.22. The minimum absolute atomic E-state index is 0.718. The second-order valence-corrected chi connectivity index (χ2v) is 6.63. The quantitative estimate of drug-likeness (QED) is 0.790. The van der Waals surface area contributed by atoms with Gasteiger partial charge < -0.3 is 9.64 Å². The van der Waals surface area contributed by atoms with Crippen LogP contribution < -0.4 is 4.74 Å². The molecule has 116 valence electrons. The Morgan fingerprint density at radius 1 is 1.10 bits per heavy atom. The predicted octanol–water partition coefficient (Wildman–Crippen LogP) is 3.02. The van der Waals surface area contributed by atoms with Gasteiger partial charge in [-0.2, -0.15) is 0 Å². The van der Waals surface area contributed by atoms with E-state index in [0.717, 1.165) is 68.9 Å². The van der Waals surface area contributed by atoms with Crippen LogP contribution in [0.3, 0.4) is 0 Å². The van der Waals surface area contributed by atoms with Crippen molar-refractivity contribution in [1.29, 1.82) is 0 Å². The third-order valence-electron chi connectivity index (χ3n) is 4.30. The Morgan fingerprint density at radius 3 is 2.76 bits per heavy atom. The Balaban J connectivity index is 1.67. The second-order valence-electron chi connectivity index (χ2n) is 5.81. The van der Waals surface area contributed by atoms with Gasteiger partial charge in [0, 0.05) is 49.1 Å². The zero-order valence-electron chi connectivity index (χ0n) is 12.3. The lowest BCUT2D eigenvalue weighted by molar-refractivity contribution is 0.254. The molecule has 0 atom stereocenters. The summed E-state index contributed by atoms with van der Waals surface area (Å²) in [6, 6.07) is 4.10. The third-order valence-corrected chi connectivity index (χ3v) is 4.69. The highest BCUT2D eigenvalue weighted by Crippen LogP contribution is 2.33. The van der Waals surface area contributed by atoms with Crippen molar-refractivity contribution in [2.75, 3.05) is 45.2 Å². The highest BCUT2D eigenvalue weighted by atomic mass is 35.5. The summed E-state index contributed by atoms with van der Waals surface area (Å²) in [4.78, 5) is 4.95. The van der Waals surface area contributed by atoms with Gasteiger partial charge in [0.2, 0.25) is 0 Å². The van der Waals surface area contributed by atoms with Crippen molar-refractivity contribution in [3.63, 3.8) is 0 Å². The number of rotatable bonds is 4. The van der Waals surface area contributed by atoms with Crippen molar-refractivity contribution in [1.82, 2.24) is 9.80 Å². The van der Waals surface area contributed by atoms with Crippen molar-refractivity contribution in [3.05, 3.63) is 28.3 Å². The highest BCUT2D eigenvalue weighted by Gasteiger charge is 2.21. The van der Waals surface area contributed by atoms with Crippen molar-refractivity contribution in [2.24, 2.45) is 0 Å². The first kappa shape index (κ1) is 15.4. The van der Waals surface area contributed by atoms with E-state index in [9.17, 15) is 0 Å². The van der Waals surface area contributed by atoms with Crippen LogP contribution in [0.4, 0.5) is 0 Å². The van der Waals surface area contributed by atoms with Gasteiger partial charge >= 0.3 is 0 Å². The predicted molar refractivity (Wildman–Crippen MR) is 87.7 cm³/mol. The van der Waals surface area contributed by atoms with Gasteiger partial charge in [0.1, 0.15) is 5.75 Å². The lowest BCUT2D eigenvalue weighted by Crippen LogP contribution is -2.31. The van der Waals surface area contributed by atoms with Crippen molar-refractivity contribution >= 4 is 23.2 Å². The molecule has 0 aromatic heterocycles. The number of benzene rings is 1. The number of hydrogen-bond acceptors (Lipinski definition) is 3. The summed E-state index contributed by atoms with van der Waals surface area (Å²) < 4.78 is 5.80. The largest absolute Gasteiger partial charge is 0.493 e. The average molecular weight is 329 g/mol. The standard InChI is InChI=1S/C16H22Cl2N2O/c17-3-6-19-4-1-5-20(8-7-19)12-14-11-15(18)10-13-2-9-21-16(13)14/h10-11H,1-9,12H2. The van der Waals surface area contributed by atoms with E-state index in [0.29, 0.717) is 0 Å². The van der Waals surface area contributed by atoms with Crippen LogP contribution >= 0.6 is 23.2 Å². The summed E-state index contributed by atoms with van der Waals surface area (Å²) in [5, 5.41) is 0.827. The summed E-state index contributed by atoms with van der Waals surface area (Å²) in [5.74, 6) is 1.79. The molecule has 0 aliphatic carbocycles. The van der Waals surface area contributed by atoms with Gasteiger partial charge in [0.25, 0.3) is 0 Å². The first-order valence-corrected chi connectivity index (χ1v) is 8.62. The first-order chi connectivity index (χ1) is 10.3. The molecule has 5 heteroatoms. The minimum Gasteiger partial charge on any atom is -0.493 e. The van der Waals surface area contributed by atoms with Crippen LogP contribution in [0.5, 0.6) is 5.75 Å². The smallest absolute Gasteiger partial charge is 0.127 e. The Hall–Kier alpha value is -0.480. The Bertz CT molecular complexity index is 495. The SMILES string of the molecule is ClCCN1CCCN(Cc2cc(Cl)cc3c2OCC3)CC1. The van der Waals surface area contributed by atoms with Crippen molar-refractivity contribution in [3.8, 4) is 5.75 Å². The van der Waals surface area contributed by atoms with Crippen LogP contribution in [-0.2, 0) is 13.0 Å². The molecule has 1 saturated heterocycles. The molecule has 0 radical (unpaired) electrons. The van der Waals surface area contributed by atoms with Gasteiger partial charge in [0.05, 0.1) is 6.61 Å². The van der Waals surface area contributed by atoms with Crippen LogP contribution in [0.15, 0.2) is 12.1 Å². The molecule has 1 fully saturated rings. The van der Waals surface area contributed by atoms with E-state index in [1.807, 2.05) is 6.07 Å². The maximum absolute atomic E-state index is 6.25. The molecule has 0 saturated carbocycles. The molecule has 2 aliphatic heterocycles. The number of fused-ring (bicyclic) bond motifs is 1. The number of halogens is 2. The number of alkyl halides is 1.